The fraction of sp³-hybridized carbons (Fsp3) is 0.235. The van der Waals surface area contributed by atoms with Gasteiger partial charge < -0.3 is 19.8 Å². The molecule has 0 saturated heterocycles. The Labute approximate surface area is 139 Å². The van der Waals surface area contributed by atoms with E-state index in [9.17, 15) is 14.4 Å². The minimum atomic E-state index is -0.626. The van der Waals surface area contributed by atoms with E-state index in [0.717, 1.165) is 0 Å². The minimum Gasteiger partial charge on any atom is -0.466 e. The zero-order chi connectivity index (χ0) is 17.7. The van der Waals surface area contributed by atoms with Crippen LogP contribution >= 0.6 is 0 Å². The fourth-order valence-electron chi connectivity index (χ4n) is 2.12. The van der Waals surface area contributed by atoms with Crippen molar-refractivity contribution in [2.45, 2.75) is 13.8 Å². The van der Waals surface area contributed by atoms with Crippen LogP contribution in [-0.2, 0) is 9.53 Å². The molecule has 0 aliphatic carbocycles. The number of esters is 1. The molecule has 0 saturated carbocycles. The monoisotopic (exact) mass is 330 g/mol. The van der Waals surface area contributed by atoms with E-state index in [1.54, 1.807) is 38.1 Å². The van der Waals surface area contributed by atoms with Crippen molar-refractivity contribution in [3.8, 4) is 0 Å². The lowest BCUT2D eigenvalue weighted by molar-refractivity contribution is -0.119. The number of amides is 2. The van der Waals surface area contributed by atoms with Gasteiger partial charge in [-0.15, -0.1) is 0 Å². The van der Waals surface area contributed by atoms with Crippen LogP contribution in [0.25, 0.3) is 0 Å². The van der Waals surface area contributed by atoms with Gasteiger partial charge in [0.1, 0.15) is 17.1 Å². The van der Waals surface area contributed by atoms with Gasteiger partial charge in [-0.3, -0.25) is 9.59 Å². The summed E-state index contributed by atoms with van der Waals surface area (Å²) in [6.07, 6.45) is 0. The van der Waals surface area contributed by atoms with Gasteiger partial charge in [-0.1, -0.05) is 6.07 Å². The first-order valence-corrected chi connectivity index (χ1v) is 7.27. The highest BCUT2D eigenvalue weighted by Crippen LogP contribution is 2.15. The van der Waals surface area contributed by atoms with Gasteiger partial charge in [0.15, 0.2) is 6.61 Å². The zero-order valence-corrected chi connectivity index (χ0v) is 13.6. The van der Waals surface area contributed by atoms with Gasteiger partial charge in [0, 0.05) is 18.3 Å². The smallest absolute Gasteiger partial charge is 0.342 e. The van der Waals surface area contributed by atoms with E-state index in [1.807, 2.05) is 0 Å². The van der Waals surface area contributed by atoms with Crippen molar-refractivity contribution in [1.82, 2.24) is 5.32 Å². The molecule has 0 unspecified atom stereocenters. The number of ether oxygens (including phenoxy) is 1. The molecule has 0 spiro atoms. The number of rotatable bonds is 5. The molecule has 7 nitrogen and oxygen atoms in total. The second-order valence-electron chi connectivity index (χ2n) is 5.11. The molecule has 7 heteroatoms. The lowest BCUT2D eigenvalue weighted by atomic mass is 10.2. The summed E-state index contributed by atoms with van der Waals surface area (Å²) >= 11 is 0. The van der Waals surface area contributed by atoms with Crippen molar-refractivity contribution in [3.05, 3.63) is 53.0 Å². The van der Waals surface area contributed by atoms with E-state index in [2.05, 4.69) is 10.6 Å². The highest BCUT2D eigenvalue weighted by Gasteiger charge is 2.16. The number of nitrogens with one attached hydrogen (secondary N) is 2. The summed E-state index contributed by atoms with van der Waals surface area (Å²) in [7, 11) is 1.52. The Kier molecular flexibility index (Phi) is 5.36. The largest absolute Gasteiger partial charge is 0.466 e. The van der Waals surface area contributed by atoms with Crippen LogP contribution in [-0.4, -0.2) is 31.4 Å². The normalized spacial score (nSPS) is 10.1. The number of carbonyl (C=O) groups excluding carboxylic acids is 3. The molecule has 0 aliphatic rings. The van der Waals surface area contributed by atoms with Crippen molar-refractivity contribution in [2.24, 2.45) is 0 Å². The Bertz CT molecular complexity index is 779. The van der Waals surface area contributed by atoms with E-state index in [4.69, 9.17) is 9.15 Å². The Morgan fingerprint density at radius 2 is 1.92 bits per heavy atom. The quantitative estimate of drug-likeness (QED) is 0.818. The second kappa shape index (κ2) is 7.45. The molecule has 0 aliphatic heterocycles. The van der Waals surface area contributed by atoms with E-state index >= 15 is 0 Å². The standard InChI is InChI=1S/C17H18N2O5/c1-10-7-14(11(2)24-10)17(22)23-9-15(20)19-13-6-4-5-12(8-13)16(21)18-3/h4-8H,9H2,1-3H3,(H,18,21)(H,19,20). The number of hydrogen-bond acceptors (Lipinski definition) is 5. The molecular weight excluding hydrogens is 312 g/mol. The van der Waals surface area contributed by atoms with Gasteiger partial charge in [-0.25, -0.2) is 4.79 Å². The first kappa shape index (κ1) is 17.3. The van der Waals surface area contributed by atoms with Gasteiger partial charge >= 0.3 is 5.97 Å². The summed E-state index contributed by atoms with van der Waals surface area (Å²) in [6.45, 7) is 2.93. The number of carbonyl (C=O) groups is 3. The first-order valence-electron chi connectivity index (χ1n) is 7.27. The van der Waals surface area contributed by atoms with Crippen LogP contribution in [0.15, 0.2) is 34.7 Å². The average molecular weight is 330 g/mol. The lowest BCUT2D eigenvalue weighted by Crippen LogP contribution is -2.22. The highest BCUT2D eigenvalue weighted by atomic mass is 16.5. The third kappa shape index (κ3) is 4.22. The molecular formula is C17H18N2O5. The van der Waals surface area contributed by atoms with Crippen molar-refractivity contribution in [3.63, 3.8) is 0 Å². The number of benzene rings is 1. The van der Waals surface area contributed by atoms with Crippen LogP contribution in [0.1, 0.15) is 32.2 Å². The van der Waals surface area contributed by atoms with Crippen LogP contribution in [0.4, 0.5) is 5.69 Å². The molecule has 2 amide bonds. The number of hydrogen-bond donors (Lipinski definition) is 2. The molecule has 0 bridgehead atoms. The van der Waals surface area contributed by atoms with E-state index in [1.165, 1.54) is 13.1 Å². The second-order valence-corrected chi connectivity index (χ2v) is 5.11. The molecule has 1 aromatic carbocycles. The topological polar surface area (TPSA) is 97.6 Å². The molecule has 24 heavy (non-hydrogen) atoms. The highest BCUT2D eigenvalue weighted by molar-refractivity contribution is 5.98. The maximum absolute atomic E-state index is 11.9. The van der Waals surface area contributed by atoms with Crippen molar-refractivity contribution < 1.29 is 23.5 Å². The van der Waals surface area contributed by atoms with Gasteiger partial charge in [0.2, 0.25) is 0 Å². The van der Waals surface area contributed by atoms with Crippen LogP contribution < -0.4 is 10.6 Å². The Morgan fingerprint density at radius 1 is 1.17 bits per heavy atom. The maximum Gasteiger partial charge on any atom is 0.342 e. The summed E-state index contributed by atoms with van der Waals surface area (Å²) in [5.41, 5.74) is 1.14. The van der Waals surface area contributed by atoms with Gasteiger partial charge in [-0.05, 0) is 38.1 Å². The molecule has 0 radical (unpaired) electrons. The predicted octanol–water partition coefficient (Wildman–Crippen LogP) is 2.05. The first-order chi connectivity index (χ1) is 11.4. The SMILES string of the molecule is CNC(=O)c1cccc(NC(=O)COC(=O)c2cc(C)oc2C)c1. The number of anilines is 1. The Balaban J connectivity index is 1.93. The minimum absolute atomic E-state index is 0.261. The number of furan rings is 1. The zero-order valence-electron chi connectivity index (χ0n) is 13.6. The molecule has 2 rings (SSSR count). The third-order valence-corrected chi connectivity index (χ3v) is 3.23. The summed E-state index contributed by atoms with van der Waals surface area (Å²) < 4.78 is 10.2. The third-order valence-electron chi connectivity index (χ3n) is 3.23. The fourth-order valence-corrected chi connectivity index (χ4v) is 2.12. The average Bonchev–Trinajstić information content (AvgIpc) is 2.90. The number of aryl methyl sites for hydroxylation is 2. The molecule has 126 valence electrons. The van der Waals surface area contributed by atoms with Crippen LogP contribution in [0, 0.1) is 13.8 Å². The molecule has 1 aromatic heterocycles. The molecule has 0 atom stereocenters. The van der Waals surface area contributed by atoms with Gasteiger partial charge in [-0.2, -0.15) is 0 Å². The van der Waals surface area contributed by atoms with Crippen molar-refractivity contribution in [2.75, 3.05) is 19.0 Å². The molecule has 2 N–H and O–H groups in total. The van der Waals surface area contributed by atoms with Crippen molar-refractivity contribution >= 4 is 23.5 Å². The summed E-state index contributed by atoms with van der Waals surface area (Å²) in [5.74, 6) is -0.358. The summed E-state index contributed by atoms with van der Waals surface area (Å²) in [6, 6.07) is 7.99. The Hall–Kier alpha value is -3.09. The van der Waals surface area contributed by atoms with Crippen LogP contribution in [0.3, 0.4) is 0 Å². The summed E-state index contributed by atoms with van der Waals surface area (Å²) in [5, 5.41) is 5.07. The maximum atomic E-state index is 11.9. The molecule has 1 heterocycles. The van der Waals surface area contributed by atoms with Crippen LogP contribution in [0.2, 0.25) is 0 Å². The molecule has 2 aromatic rings. The Morgan fingerprint density at radius 3 is 2.54 bits per heavy atom. The molecule has 0 fully saturated rings. The van der Waals surface area contributed by atoms with Crippen LogP contribution in [0.5, 0.6) is 0 Å². The predicted molar refractivity (Wildman–Crippen MR) is 86.9 cm³/mol. The van der Waals surface area contributed by atoms with Gasteiger partial charge in [0.05, 0.1) is 0 Å². The van der Waals surface area contributed by atoms with Crippen molar-refractivity contribution in [1.29, 1.82) is 0 Å². The summed E-state index contributed by atoms with van der Waals surface area (Å²) in [4.78, 5) is 35.3. The van der Waals surface area contributed by atoms with Gasteiger partial charge in [0.25, 0.3) is 11.8 Å². The lowest BCUT2D eigenvalue weighted by Gasteiger charge is -2.07. The van der Waals surface area contributed by atoms with E-state index in [0.29, 0.717) is 28.3 Å². The van der Waals surface area contributed by atoms with E-state index in [-0.39, 0.29) is 5.91 Å². The van der Waals surface area contributed by atoms with E-state index < -0.39 is 18.5 Å².